The van der Waals surface area contributed by atoms with Gasteiger partial charge in [-0.3, -0.25) is 4.79 Å². The van der Waals surface area contributed by atoms with Gasteiger partial charge < -0.3 is 4.90 Å². The van der Waals surface area contributed by atoms with Crippen LogP contribution < -0.4 is 0 Å². The standard InChI is InChI=1S/C13H15NO/c1-4-5-12-10-7-6-9(2)8-11(10)13(15)14(12)3/h4-8,12H,1-3H3/b5-4-. The van der Waals surface area contributed by atoms with Gasteiger partial charge in [0, 0.05) is 12.6 Å². The number of carbonyl (C=O) groups excluding carboxylic acids is 1. The van der Waals surface area contributed by atoms with E-state index >= 15 is 0 Å². The molecule has 1 heterocycles. The molecule has 0 aromatic heterocycles. The molecule has 0 radical (unpaired) electrons. The SMILES string of the molecule is C/C=C\C1c2ccc(C)cc2C(=O)N1C. The van der Waals surface area contributed by atoms with Crippen LogP contribution in [0.3, 0.4) is 0 Å². The van der Waals surface area contributed by atoms with E-state index < -0.39 is 0 Å². The van der Waals surface area contributed by atoms with Crippen molar-refractivity contribution in [3.63, 3.8) is 0 Å². The zero-order chi connectivity index (χ0) is 11.0. The molecule has 1 atom stereocenters. The molecule has 1 aromatic carbocycles. The number of nitrogens with zero attached hydrogens (tertiary/aromatic N) is 1. The molecule has 1 aromatic rings. The second kappa shape index (κ2) is 3.54. The molecule has 15 heavy (non-hydrogen) atoms. The molecule has 0 fully saturated rings. The van der Waals surface area contributed by atoms with Crippen molar-refractivity contribution in [1.29, 1.82) is 0 Å². The van der Waals surface area contributed by atoms with Gasteiger partial charge in [0.1, 0.15) is 0 Å². The summed E-state index contributed by atoms with van der Waals surface area (Å²) in [5.41, 5.74) is 3.10. The van der Waals surface area contributed by atoms with E-state index in [1.54, 1.807) is 4.90 Å². The minimum absolute atomic E-state index is 0.109. The van der Waals surface area contributed by atoms with Crippen molar-refractivity contribution in [1.82, 2.24) is 4.90 Å². The van der Waals surface area contributed by atoms with Crippen LogP contribution >= 0.6 is 0 Å². The van der Waals surface area contributed by atoms with Gasteiger partial charge in [-0.05, 0) is 25.5 Å². The summed E-state index contributed by atoms with van der Waals surface area (Å²) in [6.45, 7) is 3.99. The Morgan fingerprint density at radius 3 is 2.80 bits per heavy atom. The summed E-state index contributed by atoms with van der Waals surface area (Å²) >= 11 is 0. The Balaban J connectivity index is 2.55. The van der Waals surface area contributed by atoms with E-state index in [0.29, 0.717) is 0 Å². The van der Waals surface area contributed by atoms with E-state index in [1.807, 2.05) is 33.0 Å². The lowest BCUT2D eigenvalue weighted by molar-refractivity contribution is 0.0797. The van der Waals surface area contributed by atoms with Crippen LogP contribution in [0.1, 0.15) is 34.5 Å². The predicted octanol–water partition coefficient (Wildman–Crippen LogP) is 2.70. The number of rotatable bonds is 1. The molecule has 0 bridgehead atoms. The van der Waals surface area contributed by atoms with E-state index in [1.165, 1.54) is 0 Å². The smallest absolute Gasteiger partial charge is 0.254 e. The zero-order valence-electron chi connectivity index (χ0n) is 9.32. The van der Waals surface area contributed by atoms with Crippen molar-refractivity contribution in [3.05, 3.63) is 47.0 Å². The molecule has 1 amide bonds. The summed E-state index contributed by atoms with van der Waals surface area (Å²) in [4.78, 5) is 13.7. The number of allylic oxidation sites excluding steroid dienone is 1. The van der Waals surface area contributed by atoms with Gasteiger partial charge in [0.2, 0.25) is 0 Å². The van der Waals surface area contributed by atoms with Gasteiger partial charge in [0.05, 0.1) is 6.04 Å². The first-order valence-electron chi connectivity index (χ1n) is 5.15. The Morgan fingerprint density at radius 1 is 1.40 bits per heavy atom. The molecule has 0 saturated heterocycles. The van der Waals surface area contributed by atoms with E-state index in [9.17, 15) is 4.79 Å². The van der Waals surface area contributed by atoms with Crippen molar-refractivity contribution < 1.29 is 4.79 Å². The van der Waals surface area contributed by atoms with Gasteiger partial charge in [-0.2, -0.15) is 0 Å². The Kier molecular flexibility index (Phi) is 2.35. The summed E-state index contributed by atoms with van der Waals surface area (Å²) in [6, 6.07) is 6.19. The second-order valence-electron chi connectivity index (χ2n) is 3.98. The number of benzene rings is 1. The summed E-state index contributed by atoms with van der Waals surface area (Å²) in [5.74, 6) is 0.122. The van der Waals surface area contributed by atoms with E-state index in [0.717, 1.165) is 16.7 Å². The third-order valence-electron chi connectivity index (χ3n) is 2.87. The quantitative estimate of drug-likeness (QED) is 0.640. The largest absolute Gasteiger partial charge is 0.331 e. The Labute approximate surface area is 90.2 Å². The minimum Gasteiger partial charge on any atom is -0.331 e. The molecule has 78 valence electrons. The summed E-state index contributed by atoms with van der Waals surface area (Å²) in [7, 11) is 1.85. The molecular weight excluding hydrogens is 186 g/mol. The number of hydrogen-bond donors (Lipinski definition) is 0. The molecule has 0 saturated carbocycles. The maximum Gasteiger partial charge on any atom is 0.254 e. The molecule has 2 rings (SSSR count). The fourth-order valence-corrected chi connectivity index (χ4v) is 2.05. The molecule has 1 aliphatic heterocycles. The van der Waals surface area contributed by atoms with Crippen molar-refractivity contribution in [2.24, 2.45) is 0 Å². The average molecular weight is 201 g/mol. The van der Waals surface area contributed by atoms with Crippen molar-refractivity contribution in [2.45, 2.75) is 19.9 Å². The molecule has 2 heteroatoms. The van der Waals surface area contributed by atoms with Crippen LogP contribution in [0.15, 0.2) is 30.4 Å². The first-order valence-corrected chi connectivity index (χ1v) is 5.15. The van der Waals surface area contributed by atoms with E-state index in [4.69, 9.17) is 0 Å². The molecular formula is C13H15NO. The van der Waals surface area contributed by atoms with Crippen LogP contribution in [-0.4, -0.2) is 17.9 Å². The molecule has 0 N–H and O–H groups in total. The summed E-state index contributed by atoms with van der Waals surface area (Å²) < 4.78 is 0. The Bertz CT molecular complexity index is 434. The normalized spacial score (nSPS) is 20.1. The van der Waals surface area contributed by atoms with Gasteiger partial charge in [0.15, 0.2) is 0 Å². The highest BCUT2D eigenvalue weighted by molar-refractivity contribution is 5.99. The van der Waals surface area contributed by atoms with Gasteiger partial charge in [-0.25, -0.2) is 0 Å². The highest BCUT2D eigenvalue weighted by Crippen LogP contribution is 2.33. The van der Waals surface area contributed by atoms with Crippen molar-refractivity contribution >= 4 is 5.91 Å². The average Bonchev–Trinajstić information content (AvgIpc) is 2.44. The topological polar surface area (TPSA) is 20.3 Å². The number of amides is 1. The maximum atomic E-state index is 11.9. The maximum absolute atomic E-state index is 11.9. The first kappa shape index (κ1) is 9.97. The highest BCUT2D eigenvalue weighted by Gasteiger charge is 2.31. The van der Waals surface area contributed by atoms with Gasteiger partial charge in [-0.1, -0.05) is 29.8 Å². The first-order chi connectivity index (χ1) is 7.15. The van der Waals surface area contributed by atoms with Gasteiger partial charge >= 0.3 is 0 Å². The molecule has 1 unspecified atom stereocenters. The van der Waals surface area contributed by atoms with Crippen LogP contribution in [-0.2, 0) is 0 Å². The third-order valence-corrected chi connectivity index (χ3v) is 2.87. The lowest BCUT2D eigenvalue weighted by Gasteiger charge is -2.16. The number of fused-ring (bicyclic) bond motifs is 1. The number of carbonyl (C=O) groups is 1. The minimum atomic E-state index is 0.109. The van der Waals surface area contributed by atoms with E-state index in [2.05, 4.69) is 18.2 Å². The van der Waals surface area contributed by atoms with Crippen LogP contribution in [0.25, 0.3) is 0 Å². The molecule has 0 aliphatic carbocycles. The second-order valence-corrected chi connectivity index (χ2v) is 3.98. The third kappa shape index (κ3) is 1.46. The summed E-state index contributed by atoms with van der Waals surface area (Å²) in [6.07, 6.45) is 4.04. The fourth-order valence-electron chi connectivity index (χ4n) is 2.05. The van der Waals surface area contributed by atoms with Gasteiger partial charge in [-0.15, -0.1) is 0 Å². The lowest BCUT2D eigenvalue weighted by atomic mass is 10.0. The Hall–Kier alpha value is -1.57. The fraction of sp³-hybridized carbons (Fsp3) is 0.308. The van der Waals surface area contributed by atoms with Crippen LogP contribution in [0.4, 0.5) is 0 Å². The number of likely N-dealkylation sites (N-methyl/N-ethyl adjacent to an activating group) is 1. The predicted molar refractivity (Wildman–Crippen MR) is 60.8 cm³/mol. The lowest BCUT2D eigenvalue weighted by Crippen LogP contribution is -2.21. The molecule has 2 nitrogen and oxygen atoms in total. The monoisotopic (exact) mass is 201 g/mol. The number of aryl methyl sites for hydroxylation is 1. The number of hydrogen-bond acceptors (Lipinski definition) is 1. The van der Waals surface area contributed by atoms with E-state index in [-0.39, 0.29) is 11.9 Å². The van der Waals surface area contributed by atoms with Crippen LogP contribution in [0.2, 0.25) is 0 Å². The summed E-state index contributed by atoms with van der Waals surface area (Å²) in [5, 5.41) is 0. The highest BCUT2D eigenvalue weighted by atomic mass is 16.2. The van der Waals surface area contributed by atoms with Crippen LogP contribution in [0.5, 0.6) is 0 Å². The van der Waals surface area contributed by atoms with Gasteiger partial charge in [0.25, 0.3) is 5.91 Å². The Morgan fingerprint density at radius 2 is 2.13 bits per heavy atom. The zero-order valence-corrected chi connectivity index (χ0v) is 9.32. The molecule has 0 spiro atoms. The van der Waals surface area contributed by atoms with Crippen molar-refractivity contribution in [2.75, 3.05) is 7.05 Å². The van der Waals surface area contributed by atoms with Crippen LogP contribution in [0, 0.1) is 6.92 Å². The van der Waals surface area contributed by atoms with Crippen molar-refractivity contribution in [3.8, 4) is 0 Å². The molecule has 1 aliphatic rings.